The van der Waals surface area contributed by atoms with E-state index in [0.717, 1.165) is 0 Å². The topological polar surface area (TPSA) is 50.4 Å². The lowest BCUT2D eigenvalue weighted by atomic mass is 10.2. The van der Waals surface area contributed by atoms with Gasteiger partial charge in [-0.05, 0) is 27.8 Å². The molecule has 11 heavy (non-hydrogen) atoms. The van der Waals surface area contributed by atoms with Crippen molar-refractivity contribution < 1.29 is 9.53 Å². The molecule has 2 N–H and O–H groups in total. The summed E-state index contributed by atoms with van der Waals surface area (Å²) in [5.74, 6) is 0. The summed E-state index contributed by atoms with van der Waals surface area (Å²) in [6.45, 7) is 5.90. The van der Waals surface area contributed by atoms with Crippen molar-refractivity contribution in [2.24, 2.45) is 0 Å². The van der Waals surface area contributed by atoms with Gasteiger partial charge in [0.05, 0.1) is 6.67 Å². The molecule has 4 nitrogen and oxygen atoms in total. The van der Waals surface area contributed by atoms with Crippen molar-refractivity contribution in [1.82, 2.24) is 10.6 Å². The van der Waals surface area contributed by atoms with Crippen molar-refractivity contribution in [2.75, 3.05) is 13.7 Å². The normalized spacial score (nSPS) is 10.9. The molecule has 0 heterocycles. The van der Waals surface area contributed by atoms with Crippen LogP contribution < -0.4 is 10.6 Å². The highest BCUT2D eigenvalue weighted by Crippen LogP contribution is 2.05. The van der Waals surface area contributed by atoms with Crippen molar-refractivity contribution in [2.45, 2.75) is 26.4 Å². The van der Waals surface area contributed by atoms with Gasteiger partial charge >= 0.3 is 6.09 Å². The van der Waals surface area contributed by atoms with Gasteiger partial charge in [-0.15, -0.1) is 0 Å². The van der Waals surface area contributed by atoms with Gasteiger partial charge in [-0.3, -0.25) is 0 Å². The van der Waals surface area contributed by atoms with E-state index in [1.54, 1.807) is 7.05 Å². The summed E-state index contributed by atoms with van der Waals surface area (Å²) in [4.78, 5) is 10.8. The van der Waals surface area contributed by atoms with E-state index in [2.05, 4.69) is 10.6 Å². The Hall–Kier alpha value is -0.770. The molecule has 0 saturated heterocycles. The fraction of sp³-hybridized carbons (Fsp3) is 0.857. The van der Waals surface area contributed by atoms with Crippen LogP contribution in [0.2, 0.25) is 0 Å². The fourth-order valence-corrected chi connectivity index (χ4v) is 0.475. The van der Waals surface area contributed by atoms with E-state index < -0.39 is 11.7 Å². The summed E-state index contributed by atoms with van der Waals surface area (Å²) in [5.41, 5.74) is -0.419. The summed E-state index contributed by atoms with van der Waals surface area (Å²) < 4.78 is 4.95. The van der Waals surface area contributed by atoms with Gasteiger partial charge in [0.2, 0.25) is 0 Å². The van der Waals surface area contributed by atoms with Gasteiger partial charge in [0.1, 0.15) is 5.60 Å². The zero-order chi connectivity index (χ0) is 8.91. The summed E-state index contributed by atoms with van der Waals surface area (Å²) in [5, 5.41) is 5.29. The SMILES string of the molecule is CNCNC(=O)OC(C)(C)C. The minimum atomic E-state index is -0.419. The first-order chi connectivity index (χ1) is 4.95. The molecule has 4 heteroatoms. The third kappa shape index (κ3) is 7.12. The predicted molar refractivity (Wildman–Crippen MR) is 43.3 cm³/mol. The van der Waals surface area contributed by atoms with Crippen molar-refractivity contribution in [3.05, 3.63) is 0 Å². The van der Waals surface area contributed by atoms with E-state index in [-0.39, 0.29) is 0 Å². The maximum atomic E-state index is 10.8. The maximum Gasteiger partial charge on any atom is 0.408 e. The third-order valence-electron chi connectivity index (χ3n) is 0.808. The first kappa shape index (κ1) is 10.2. The molecule has 0 unspecified atom stereocenters. The Morgan fingerprint density at radius 2 is 2.00 bits per heavy atom. The highest BCUT2D eigenvalue weighted by Gasteiger charge is 2.14. The number of hydrogen-bond acceptors (Lipinski definition) is 3. The molecule has 0 aromatic rings. The van der Waals surface area contributed by atoms with Crippen LogP contribution in [0.4, 0.5) is 4.79 Å². The highest BCUT2D eigenvalue weighted by atomic mass is 16.6. The van der Waals surface area contributed by atoms with Crippen LogP contribution in [0.3, 0.4) is 0 Å². The molecule has 0 fully saturated rings. The van der Waals surface area contributed by atoms with Gasteiger partial charge in [-0.1, -0.05) is 0 Å². The first-order valence-corrected chi connectivity index (χ1v) is 3.57. The molecule has 1 amide bonds. The molecule has 0 bridgehead atoms. The van der Waals surface area contributed by atoms with Gasteiger partial charge in [0.15, 0.2) is 0 Å². The van der Waals surface area contributed by atoms with Gasteiger partial charge in [-0.25, -0.2) is 4.79 Å². The van der Waals surface area contributed by atoms with Crippen molar-refractivity contribution in [3.8, 4) is 0 Å². The Morgan fingerprint density at radius 3 is 2.36 bits per heavy atom. The smallest absolute Gasteiger partial charge is 0.408 e. The number of nitrogens with one attached hydrogen (secondary N) is 2. The second-order valence-corrected chi connectivity index (χ2v) is 3.21. The van der Waals surface area contributed by atoms with E-state index >= 15 is 0 Å². The van der Waals surface area contributed by atoms with E-state index in [1.807, 2.05) is 20.8 Å². The molecule has 0 aliphatic rings. The fourth-order valence-electron chi connectivity index (χ4n) is 0.475. The van der Waals surface area contributed by atoms with E-state index in [9.17, 15) is 4.79 Å². The molecule has 0 aromatic heterocycles. The Balaban J connectivity index is 3.53. The lowest BCUT2D eigenvalue weighted by Crippen LogP contribution is -2.36. The minimum Gasteiger partial charge on any atom is -0.444 e. The molecule has 66 valence electrons. The van der Waals surface area contributed by atoms with Crippen LogP contribution in [-0.2, 0) is 4.74 Å². The zero-order valence-corrected chi connectivity index (χ0v) is 7.52. The lowest BCUT2D eigenvalue weighted by molar-refractivity contribution is 0.0525. The molecule has 0 aliphatic carbocycles. The van der Waals surface area contributed by atoms with Crippen LogP contribution in [0.5, 0.6) is 0 Å². The number of alkyl carbamates (subject to hydrolysis) is 1. The quantitative estimate of drug-likeness (QED) is 0.584. The Morgan fingerprint density at radius 1 is 1.45 bits per heavy atom. The van der Waals surface area contributed by atoms with Crippen LogP contribution >= 0.6 is 0 Å². The maximum absolute atomic E-state index is 10.8. The number of carbonyl (C=O) groups is 1. The van der Waals surface area contributed by atoms with Crippen molar-refractivity contribution in [1.29, 1.82) is 0 Å². The summed E-state index contributed by atoms with van der Waals surface area (Å²) >= 11 is 0. The monoisotopic (exact) mass is 160 g/mol. The molecule has 0 aromatic carbocycles. The highest BCUT2D eigenvalue weighted by molar-refractivity contribution is 5.67. The third-order valence-corrected chi connectivity index (χ3v) is 0.808. The number of amides is 1. The van der Waals surface area contributed by atoms with Crippen LogP contribution in [0.15, 0.2) is 0 Å². The van der Waals surface area contributed by atoms with Gasteiger partial charge in [0.25, 0.3) is 0 Å². The van der Waals surface area contributed by atoms with Gasteiger partial charge < -0.3 is 15.4 Å². The predicted octanol–water partition coefficient (Wildman–Crippen LogP) is 0.688. The van der Waals surface area contributed by atoms with Crippen LogP contribution in [0.25, 0.3) is 0 Å². The molecule has 0 atom stereocenters. The number of rotatable bonds is 2. The molecular weight excluding hydrogens is 144 g/mol. The molecule has 0 aliphatic heterocycles. The summed E-state index contributed by atoms with van der Waals surface area (Å²) in [6, 6.07) is 0. The standard InChI is InChI=1S/C7H16N2O2/c1-7(2,3)11-6(10)9-5-8-4/h8H,5H2,1-4H3,(H,9,10). The molecule has 0 radical (unpaired) electrons. The second kappa shape index (κ2) is 4.18. The molecule has 0 rings (SSSR count). The zero-order valence-electron chi connectivity index (χ0n) is 7.52. The number of hydrogen-bond donors (Lipinski definition) is 2. The average molecular weight is 160 g/mol. The first-order valence-electron chi connectivity index (χ1n) is 3.57. The largest absolute Gasteiger partial charge is 0.444 e. The Kier molecular flexibility index (Phi) is 3.89. The van der Waals surface area contributed by atoms with E-state index in [1.165, 1.54) is 0 Å². The van der Waals surface area contributed by atoms with Crippen LogP contribution in [0, 0.1) is 0 Å². The summed E-state index contributed by atoms with van der Waals surface area (Å²) in [6.07, 6.45) is -0.396. The molecule has 0 spiro atoms. The van der Waals surface area contributed by atoms with Crippen molar-refractivity contribution in [3.63, 3.8) is 0 Å². The summed E-state index contributed by atoms with van der Waals surface area (Å²) in [7, 11) is 1.75. The minimum absolute atomic E-state index is 0.396. The number of carbonyl (C=O) groups excluding carboxylic acids is 1. The second-order valence-electron chi connectivity index (χ2n) is 3.21. The lowest BCUT2D eigenvalue weighted by Gasteiger charge is -2.19. The number of ether oxygens (including phenoxy) is 1. The molecule has 0 saturated carbocycles. The van der Waals surface area contributed by atoms with Crippen LogP contribution in [-0.4, -0.2) is 25.4 Å². The van der Waals surface area contributed by atoms with E-state index in [4.69, 9.17) is 4.74 Å². The van der Waals surface area contributed by atoms with Crippen LogP contribution in [0.1, 0.15) is 20.8 Å². The average Bonchev–Trinajstić information content (AvgIpc) is 1.79. The molecular formula is C7H16N2O2. The van der Waals surface area contributed by atoms with Gasteiger partial charge in [-0.2, -0.15) is 0 Å². The Labute approximate surface area is 67.3 Å². The van der Waals surface area contributed by atoms with Crippen molar-refractivity contribution >= 4 is 6.09 Å². The van der Waals surface area contributed by atoms with Gasteiger partial charge in [0, 0.05) is 0 Å². The van der Waals surface area contributed by atoms with E-state index in [0.29, 0.717) is 6.67 Å². The Bertz CT molecular complexity index is 129.